The minimum atomic E-state index is -3.50. The lowest BCUT2D eigenvalue weighted by molar-refractivity contribution is 0.327. The molecule has 1 heterocycles. The summed E-state index contributed by atoms with van der Waals surface area (Å²) in [6, 6.07) is 7.24. The first-order valence-corrected chi connectivity index (χ1v) is 8.80. The third-order valence-corrected chi connectivity index (χ3v) is 6.25. The first-order valence-electron chi connectivity index (χ1n) is 7.41. The van der Waals surface area contributed by atoms with E-state index in [0.717, 1.165) is 11.3 Å². The summed E-state index contributed by atoms with van der Waals surface area (Å²) >= 11 is 0. The summed E-state index contributed by atoms with van der Waals surface area (Å²) < 4.78 is 29.5. The summed E-state index contributed by atoms with van der Waals surface area (Å²) in [6.45, 7) is 5.57. The van der Waals surface area contributed by atoms with Gasteiger partial charge in [-0.15, -0.1) is 0 Å². The molecule has 0 bridgehead atoms. The molecule has 0 amide bonds. The molecule has 0 spiro atoms. The summed E-state index contributed by atoms with van der Waals surface area (Å²) in [5.74, 6) is 0. The van der Waals surface area contributed by atoms with E-state index in [1.165, 1.54) is 14.9 Å². The van der Waals surface area contributed by atoms with Crippen molar-refractivity contribution in [1.29, 1.82) is 0 Å². The fourth-order valence-electron chi connectivity index (χ4n) is 2.13. The van der Waals surface area contributed by atoms with Crippen molar-refractivity contribution in [3.63, 3.8) is 0 Å². The van der Waals surface area contributed by atoms with Crippen molar-refractivity contribution in [3.8, 4) is 5.69 Å². The fourth-order valence-corrected chi connectivity index (χ4v) is 3.59. The molecule has 1 aromatic heterocycles. The van der Waals surface area contributed by atoms with Crippen molar-refractivity contribution in [2.45, 2.75) is 32.9 Å². The van der Waals surface area contributed by atoms with Gasteiger partial charge in [0.15, 0.2) is 0 Å². The Hall–Kier alpha value is -1.77. The minimum absolute atomic E-state index is 0.0932. The largest absolute Gasteiger partial charge is 0.282 e. The second kappa shape index (κ2) is 6.77. The van der Waals surface area contributed by atoms with Crippen molar-refractivity contribution in [1.82, 2.24) is 23.4 Å². The van der Waals surface area contributed by atoms with Crippen molar-refractivity contribution < 1.29 is 8.42 Å². The highest BCUT2D eigenvalue weighted by Crippen LogP contribution is 2.24. The molecule has 1 atom stereocenters. The Morgan fingerprint density at radius 3 is 2.13 bits per heavy atom. The van der Waals surface area contributed by atoms with E-state index in [-0.39, 0.29) is 12.1 Å². The molecule has 0 aliphatic carbocycles. The summed E-state index contributed by atoms with van der Waals surface area (Å²) in [6.07, 6.45) is 3.09. The van der Waals surface area contributed by atoms with E-state index in [9.17, 15) is 8.42 Å². The normalized spacial score (nSPS) is 13.9. The van der Waals surface area contributed by atoms with Crippen LogP contribution in [0.15, 0.2) is 36.9 Å². The zero-order valence-electron chi connectivity index (χ0n) is 14.1. The highest BCUT2D eigenvalue weighted by Gasteiger charge is 2.29. The van der Waals surface area contributed by atoms with Gasteiger partial charge >= 0.3 is 0 Å². The lowest BCUT2D eigenvalue weighted by Gasteiger charge is -2.31. The van der Waals surface area contributed by atoms with E-state index in [1.807, 2.05) is 45.0 Å². The molecule has 23 heavy (non-hydrogen) atoms. The Morgan fingerprint density at radius 2 is 1.65 bits per heavy atom. The first-order chi connectivity index (χ1) is 10.7. The molecular formula is C15H23N5O2S. The maximum Gasteiger partial charge on any atom is 0.282 e. The predicted molar refractivity (Wildman–Crippen MR) is 89.4 cm³/mol. The van der Waals surface area contributed by atoms with Gasteiger partial charge in [0.1, 0.15) is 12.7 Å². The van der Waals surface area contributed by atoms with Crippen molar-refractivity contribution in [3.05, 3.63) is 42.5 Å². The van der Waals surface area contributed by atoms with E-state index in [4.69, 9.17) is 0 Å². The number of aromatic nitrogens is 3. The standard InChI is InChI=1S/C15H23N5O2S/c1-12(2)18(4)23(21,22)19(5)13(3)14-6-8-15(9-7-14)20-11-16-10-17-20/h6-13H,1-5H3. The maximum atomic E-state index is 12.6. The van der Waals surface area contributed by atoms with Crippen LogP contribution in [-0.2, 0) is 10.2 Å². The van der Waals surface area contributed by atoms with Crippen LogP contribution in [-0.4, -0.2) is 51.9 Å². The monoisotopic (exact) mass is 337 g/mol. The van der Waals surface area contributed by atoms with E-state index in [2.05, 4.69) is 10.1 Å². The molecular weight excluding hydrogens is 314 g/mol. The Morgan fingerprint density at radius 1 is 1.04 bits per heavy atom. The molecule has 8 heteroatoms. The Bertz CT molecular complexity index is 726. The quantitative estimate of drug-likeness (QED) is 0.806. The van der Waals surface area contributed by atoms with Crippen molar-refractivity contribution in [2.75, 3.05) is 14.1 Å². The van der Waals surface area contributed by atoms with Crippen LogP contribution in [0.1, 0.15) is 32.4 Å². The third-order valence-electron chi connectivity index (χ3n) is 4.06. The second-order valence-electron chi connectivity index (χ2n) is 5.74. The topological polar surface area (TPSA) is 71.3 Å². The smallest absolute Gasteiger partial charge is 0.223 e. The van der Waals surface area contributed by atoms with Gasteiger partial charge in [0.2, 0.25) is 0 Å². The minimum Gasteiger partial charge on any atom is -0.223 e. The molecule has 0 N–H and O–H groups in total. The summed E-state index contributed by atoms with van der Waals surface area (Å²) in [7, 11) is -0.304. The Balaban J connectivity index is 2.21. The van der Waals surface area contributed by atoms with Gasteiger partial charge in [-0.1, -0.05) is 12.1 Å². The van der Waals surface area contributed by atoms with Gasteiger partial charge in [-0.3, -0.25) is 0 Å². The van der Waals surface area contributed by atoms with E-state index < -0.39 is 10.2 Å². The van der Waals surface area contributed by atoms with Gasteiger partial charge in [-0.25, -0.2) is 9.67 Å². The SMILES string of the molecule is CC(C)N(C)S(=O)(=O)N(C)C(C)c1ccc(-n2cncn2)cc1. The summed E-state index contributed by atoms with van der Waals surface area (Å²) in [5, 5.41) is 4.07. The molecule has 1 unspecified atom stereocenters. The van der Waals surface area contributed by atoms with Crippen LogP contribution < -0.4 is 0 Å². The van der Waals surface area contributed by atoms with Gasteiger partial charge in [0.25, 0.3) is 10.2 Å². The van der Waals surface area contributed by atoms with E-state index in [1.54, 1.807) is 25.1 Å². The van der Waals surface area contributed by atoms with E-state index >= 15 is 0 Å². The average molecular weight is 337 g/mol. The van der Waals surface area contributed by atoms with Gasteiger partial charge in [0.05, 0.1) is 5.69 Å². The van der Waals surface area contributed by atoms with Crippen LogP contribution in [0.5, 0.6) is 0 Å². The van der Waals surface area contributed by atoms with Crippen LogP contribution in [0.4, 0.5) is 0 Å². The molecule has 0 aliphatic rings. The lowest BCUT2D eigenvalue weighted by Crippen LogP contribution is -2.43. The maximum absolute atomic E-state index is 12.6. The number of benzene rings is 1. The number of rotatable bonds is 6. The van der Waals surface area contributed by atoms with Crippen LogP contribution in [0, 0.1) is 0 Å². The van der Waals surface area contributed by atoms with Gasteiger partial charge < -0.3 is 0 Å². The highest BCUT2D eigenvalue weighted by atomic mass is 32.2. The van der Waals surface area contributed by atoms with Crippen LogP contribution >= 0.6 is 0 Å². The molecule has 7 nitrogen and oxygen atoms in total. The van der Waals surface area contributed by atoms with Gasteiger partial charge in [0, 0.05) is 26.2 Å². The molecule has 2 aromatic rings. The zero-order valence-corrected chi connectivity index (χ0v) is 14.9. The molecule has 0 radical (unpaired) electrons. The highest BCUT2D eigenvalue weighted by molar-refractivity contribution is 7.86. The molecule has 126 valence electrons. The zero-order chi connectivity index (χ0) is 17.2. The summed E-state index contributed by atoms with van der Waals surface area (Å²) in [5.41, 5.74) is 1.79. The molecule has 0 saturated heterocycles. The average Bonchev–Trinajstić information content (AvgIpc) is 3.07. The van der Waals surface area contributed by atoms with Crippen LogP contribution in [0.25, 0.3) is 5.69 Å². The third kappa shape index (κ3) is 3.60. The number of hydrogen-bond donors (Lipinski definition) is 0. The second-order valence-corrected chi connectivity index (χ2v) is 7.79. The fraction of sp³-hybridized carbons (Fsp3) is 0.467. The number of hydrogen-bond acceptors (Lipinski definition) is 4. The summed E-state index contributed by atoms with van der Waals surface area (Å²) in [4.78, 5) is 3.91. The molecule has 1 aromatic carbocycles. The van der Waals surface area contributed by atoms with Gasteiger partial charge in [-0.05, 0) is 38.5 Å². The first kappa shape index (κ1) is 17.6. The van der Waals surface area contributed by atoms with Crippen LogP contribution in [0.3, 0.4) is 0 Å². The molecule has 2 rings (SSSR count). The number of nitrogens with zero attached hydrogens (tertiary/aromatic N) is 5. The molecule has 0 fully saturated rings. The van der Waals surface area contributed by atoms with Crippen molar-refractivity contribution >= 4 is 10.2 Å². The Kier molecular flexibility index (Phi) is 5.18. The van der Waals surface area contributed by atoms with Crippen LogP contribution in [0.2, 0.25) is 0 Å². The van der Waals surface area contributed by atoms with E-state index in [0.29, 0.717) is 0 Å². The molecule has 0 saturated carbocycles. The Labute approximate surface area is 137 Å². The lowest BCUT2D eigenvalue weighted by atomic mass is 10.1. The predicted octanol–water partition coefficient (Wildman–Crippen LogP) is 1.85. The van der Waals surface area contributed by atoms with Gasteiger partial charge in [-0.2, -0.15) is 22.1 Å². The molecule has 0 aliphatic heterocycles. The van der Waals surface area contributed by atoms with Crippen molar-refractivity contribution in [2.24, 2.45) is 0 Å².